The minimum atomic E-state index is -3.52. The molecule has 0 aliphatic rings. The molecule has 0 heterocycles. The van der Waals surface area contributed by atoms with Crippen molar-refractivity contribution in [2.45, 2.75) is 31.8 Å². The summed E-state index contributed by atoms with van der Waals surface area (Å²) in [5, 5.41) is 9.50. The molecule has 0 spiro atoms. The van der Waals surface area contributed by atoms with Crippen LogP contribution in [0.5, 0.6) is 0 Å². The lowest BCUT2D eigenvalue weighted by Crippen LogP contribution is -2.28. The molecule has 0 saturated carbocycles. The van der Waals surface area contributed by atoms with Crippen molar-refractivity contribution in [1.82, 2.24) is 4.31 Å². The topological polar surface area (TPSA) is 57.6 Å². The number of aliphatic hydroxyl groups excluding tert-OH is 1. The van der Waals surface area contributed by atoms with Crippen molar-refractivity contribution in [1.29, 1.82) is 0 Å². The van der Waals surface area contributed by atoms with Crippen molar-refractivity contribution in [3.63, 3.8) is 0 Å². The quantitative estimate of drug-likeness (QED) is 0.878. The Morgan fingerprint density at radius 1 is 1.37 bits per heavy atom. The number of aliphatic hydroxyl groups is 1. The molecular formula is C13H20ClNO3S. The lowest BCUT2D eigenvalue weighted by atomic mass is 10.1. The first-order chi connectivity index (χ1) is 8.78. The highest BCUT2D eigenvalue weighted by Gasteiger charge is 2.21. The first kappa shape index (κ1) is 16.4. The minimum absolute atomic E-state index is 0.159. The molecule has 0 saturated heterocycles. The molecule has 0 aliphatic heterocycles. The number of nitrogens with zero attached hydrogens (tertiary/aromatic N) is 1. The van der Waals surface area contributed by atoms with Gasteiger partial charge in [-0.1, -0.05) is 25.4 Å². The Morgan fingerprint density at radius 2 is 2.00 bits per heavy atom. The zero-order chi connectivity index (χ0) is 14.6. The standard InChI is InChI=1S/C13H20ClNO3S/c1-10(2)6-7-15(3)19(17,18)12-4-5-13(14)11(8-12)9-16/h4-5,8,10,16H,6-7,9H2,1-3H3. The van der Waals surface area contributed by atoms with Gasteiger partial charge in [-0.3, -0.25) is 0 Å². The Morgan fingerprint density at radius 3 is 2.53 bits per heavy atom. The fourth-order valence-corrected chi connectivity index (χ4v) is 2.99. The Bertz CT molecular complexity index is 529. The summed E-state index contributed by atoms with van der Waals surface area (Å²) in [6.07, 6.45) is 0.802. The molecule has 0 bridgehead atoms. The van der Waals surface area contributed by atoms with Gasteiger partial charge in [0, 0.05) is 18.6 Å². The molecule has 1 aromatic carbocycles. The molecule has 0 aliphatic carbocycles. The highest BCUT2D eigenvalue weighted by atomic mass is 35.5. The molecule has 1 aromatic rings. The molecule has 0 atom stereocenters. The second-order valence-electron chi connectivity index (χ2n) is 4.92. The SMILES string of the molecule is CC(C)CCN(C)S(=O)(=O)c1ccc(Cl)c(CO)c1. The van der Waals surface area contributed by atoms with Crippen LogP contribution >= 0.6 is 11.6 Å². The van der Waals surface area contributed by atoms with Gasteiger partial charge in [-0.05, 0) is 36.1 Å². The van der Waals surface area contributed by atoms with Gasteiger partial charge in [0.2, 0.25) is 10.0 Å². The van der Waals surface area contributed by atoms with Crippen LogP contribution in [0.1, 0.15) is 25.8 Å². The molecule has 108 valence electrons. The molecule has 0 aromatic heterocycles. The zero-order valence-electron chi connectivity index (χ0n) is 11.4. The average Bonchev–Trinajstić information content (AvgIpc) is 2.35. The minimum Gasteiger partial charge on any atom is -0.392 e. The maximum absolute atomic E-state index is 12.3. The third kappa shape index (κ3) is 4.18. The number of benzene rings is 1. The predicted octanol–water partition coefficient (Wildman–Crippen LogP) is 2.50. The maximum Gasteiger partial charge on any atom is 0.242 e. The number of sulfonamides is 1. The number of hydrogen-bond acceptors (Lipinski definition) is 3. The zero-order valence-corrected chi connectivity index (χ0v) is 13.0. The average molecular weight is 306 g/mol. The van der Waals surface area contributed by atoms with E-state index >= 15 is 0 Å². The van der Waals surface area contributed by atoms with Gasteiger partial charge in [-0.15, -0.1) is 0 Å². The van der Waals surface area contributed by atoms with Gasteiger partial charge in [0.1, 0.15) is 0 Å². The Hall–Kier alpha value is -0.620. The van der Waals surface area contributed by atoms with Crippen LogP contribution in [-0.2, 0) is 16.6 Å². The molecule has 1 rings (SSSR count). The van der Waals surface area contributed by atoms with E-state index in [4.69, 9.17) is 16.7 Å². The van der Waals surface area contributed by atoms with E-state index in [0.29, 0.717) is 23.0 Å². The monoisotopic (exact) mass is 305 g/mol. The van der Waals surface area contributed by atoms with Crippen molar-refractivity contribution in [2.24, 2.45) is 5.92 Å². The summed E-state index contributed by atoms with van der Waals surface area (Å²) in [4.78, 5) is 0.159. The van der Waals surface area contributed by atoms with Gasteiger partial charge < -0.3 is 5.11 Å². The van der Waals surface area contributed by atoms with Crippen LogP contribution in [-0.4, -0.2) is 31.4 Å². The Kier molecular flexibility index (Phi) is 5.80. The van der Waals surface area contributed by atoms with Crippen molar-refractivity contribution in [3.8, 4) is 0 Å². The van der Waals surface area contributed by atoms with E-state index in [1.807, 2.05) is 13.8 Å². The molecule has 0 amide bonds. The van der Waals surface area contributed by atoms with E-state index in [1.54, 1.807) is 7.05 Å². The summed E-state index contributed by atoms with van der Waals surface area (Å²) in [5.74, 6) is 0.441. The maximum atomic E-state index is 12.3. The lowest BCUT2D eigenvalue weighted by molar-refractivity contribution is 0.281. The van der Waals surface area contributed by atoms with Gasteiger partial charge in [-0.2, -0.15) is 0 Å². The fraction of sp³-hybridized carbons (Fsp3) is 0.538. The molecule has 19 heavy (non-hydrogen) atoms. The van der Waals surface area contributed by atoms with E-state index < -0.39 is 10.0 Å². The van der Waals surface area contributed by atoms with Gasteiger partial charge in [0.05, 0.1) is 11.5 Å². The third-order valence-electron chi connectivity index (χ3n) is 2.92. The van der Waals surface area contributed by atoms with E-state index in [-0.39, 0.29) is 11.5 Å². The van der Waals surface area contributed by atoms with Crippen molar-refractivity contribution >= 4 is 21.6 Å². The molecule has 0 fully saturated rings. The summed E-state index contributed by atoms with van der Waals surface area (Å²) in [6, 6.07) is 4.38. The molecule has 1 N–H and O–H groups in total. The van der Waals surface area contributed by atoms with Crippen molar-refractivity contribution < 1.29 is 13.5 Å². The molecular weight excluding hydrogens is 286 g/mol. The van der Waals surface area contributed by atoms with E-state index in [2.05, 4.69) is 0 Å². The summed E-state index contributed by atoms with van der Waals surface area (Å²) < 4.78 is 26.0. The normalized spacial score (nSPS) is 12.4. The van der Waals surface area contributed by atoms with Gasteiger partial charge in [0.25, 0.3) is 0 Å². The fourth-order valence-electron chi connectivity index (χ4n) is 1.57. The van der Waals surface area contributed by atoms with E-state index in [1.165, 1.54) is 22.5 Å². The second-order valence-corrected chi connectivity index (χ2v) is 7.37. The molecule has 6 heteroatoms. The van der Waals surface area contributed by atoms with E-state index in [9.17, 15) is 8.42 Å². The lowest BCUT2D eigenvalue weighted by Gasteiger charge is -2.18. The van der Waals surface area contributed by atoms with Crippen LogP contribution in [0.2, 0.25) is 5.02 Å². The number of halogens is 1. The smallest absolute Gasteiger partial charge is 0.242 e. The first-order valence-corrected chi connectivity index (χ1v) is 7.96. The molecule has 4 nitrogen and oxygen atoms in total. The van der Waals surface area contributed by atoms with Crippen LogP contribution in [0, 0.1) is 5.92 Å². The summed E-state index contributed by atoms with van der Waals surface area (Å²) >= 11 is 5.86. The summed E-state index contributed by atoms with van der Waals surface area (Å²) in [5.41, 5.74) is 0.417. The van der Waals surface area contributed by atoms with Crippen LogP contribution in [0.4, 0.5) is 0 Å². The predicted molar refractivity (Wildman–Crippen MR) is 76.6 cm³/mol. The van der Waals surface area contributed by atoms with Crippen LogP contribution in [0.25, 0.3) is 0 Å². The number of hydrogen-bond donors (Lipinski definition) is 1. The highest BCUT2D eigenvalue weighted by Crippen LogP contribution is 2.22. The van der Waals surface area contributed by atoms with Crippen LogP contribution in [0.15, 0.2) is 23.1 Å². The Balaban J connectivity index is 2.99. The van der Waals surface area contributed by atoms with Gasteiger partial charge in [0.15, 0.2) is 0 Å². The third-order valence-corrected chi connectivity index (χ3v) is 5.14. The molecule has 0 unspecified atom stereocenters. The van der Waals surface area contributed by atoms with Gasteiger partial charge >= 0.3 is 0 Å². The first-order valence-electron chi connectivity index (χ1n) is 6.14. The highest BCUT2D eigenvalue weighted by molar-refractivity contribution is 7.89. The van der Waals surface area contributed by atoms with Gasteiger partial charge in [-0.25, -0.2) is 12.7 Å². The summed E-state index contributed by atoms with van der Waals surface area (Å²) in [7, 11) is -1.96. The number of rotatable bonds is 6. The second kappa shape index (κ2) is 6.70. The largest absolute Gasteiger partial charge is 0.392 e. The Labute approximate surface area is 120 Å². The van der Waals surface area contributed by atoms with E-state index in [0.717, 1.165) is 6.42 Å². The van der Waals surface area contributed by atoms with Crippen LogP contribution < -0.4 is 0 Å². The van der Waals surface area contributed by atoms with Crippen LogP contribution in [0.3, 0.4) is 0 Å². The molecule has 0 radical (unpaired) electrons. The summed E-state index contributed by atoms with van der Waals surface area (Å²) in [6.45, 7) is 4.29. The van der Waals surface area contributed by atoms with Crippen molar-refractivity contribution in [3.05, 3.63) is 28.8 Å². The van der Waals surface area contributed by atoms with Crippen molar-refractivity contribution in [2.75, 3.05) is 13.6 Å².